The number of hydrogen-bond donors (Lipinski definition) is 2. The Bertz CT molecular complexity index is 530. The molecule has 2 aromatic carbocycles. The summed E-state index contributed by atoms with van der Waals surface area (Å²) < 4.78 is 0. The molecule has 0 saturated carbocycles. The van der Waals surface area contributed by atoms with E-state index in [1.54, 1.807) is 12.1 Å². The Labute approximate surface area is 108 Å². The number of aliphatic hydroxyl groups excluding tert-OH is 1. The minimum absolute atomic E-state index is 0.0632. The van der Waals surface area contributed by atoms with Gasteiger partial charge in [-0.3, -0.25) is 0 Å². The minimum Gasteiger partial charge on any atom is -0.508 e. The number of aliphatic hydroxyl groups is 1. The van der Waals surface area contributed by atoms with Gasteiger partial charge in [0.15, 0.2) is 0 Å². The topological polar surface area (TPSA) is 40.5 Å². The highest BCUT2D eigenvalue weighted by molar-refractivity contribution is 5.43. The molecule has 94 valence electrons. The quantitative estimate of drug-likeness (QED) is 0.867. The van der Waals surface area contributed by atoms with Crippen LogP contribution < -0.4 is 0 Å². The zero-order chi connectivity index (χ0) is 13.2. The molecule has 0 amide bonds. The number of phenols is 1. The number of phenolic OH excluding ortho intramolecular Hbond substituents is 1. The van der Waals surface area contributed by atoms with Gasteiger partial charge >= 0.3 is 0 Å². The molecule has 0 aliphatic carbocycles. The molecule has 2 N–H and O–H groups in total. The first kappa shape index (κ1) is 12.7. The molecule has 0 aliphatic rings. The third-order valence-corrected chi connectivity index (χ3v) is 3.38. The summed E-state index contributed by atoms with van der Waals surface area (Å²) in [5.74, 6) is 0.195. The van der Waals surface area contributed by atoms with Crippen LogP contribution in [0.3, 0.4) is 0 Å². The van der Waals surface area contributed by atoms with Crippen LogP contribution in [0.25, 0.3) is 0 Å². The lowest BCUT2D eigenvalue weighted by molar-refractivity contribution is 0.281. The fraction of sp³-hybridized carbons (Fsp3) is 0.250. The molecule has 0 heterocycles. The minimum atomic E-state index is -0.204. The molecular weight excluding hydrogens is 224 g/mol. The Morgan fingerprint density at radius 2 is 1.61 bits per heavy atom. The van der Waals surface area contributed by atoms with Gasteiger partial charge in [-0.15, -0.1) is 0 Å². The van der Waals surface area contributed by atoms with Crippen molar-refractivity contribution in [2.45, 2.75) is 25.9 Å². The first-order chi connectivity index (χ1) is 8.54. The fourth-order valence-corrected chi connectivity index (χ4v) is 2.15. The lowest BCUT2D eigenvalue weighted by atomic mass is 9.77. The highest BCUT2D eigenvalue weighted by Gasteiger charge is 2.23. The van der Waals surface area contributed by atoms with Gasteiger partial charge in [0.1, 0.15) is 5.75 Å². The number of rotatable bonds is 3. The molecule has 0 fully saturated rings. The van der Waals surface area contributed by atoms with Crippen molar-refractivity contribution in [3.8, 4) is 5.75 Å². The summed E-state index contributed by atoms with van der Waals surface area (Å²) in [6.45, 7) is 4.16. The lowest BCUT2D eigenvalue weighted by Gasteiger charge is -2.26. The molecule has 2 rings (SSSR count). The average Bonchev–Trinajstić information content (AvgIpc) is 2.39. The van der Waals surface area contributed by atoms with E-state index >= 15 is 0 Å². The van der Waals surface area contributed by atoms with Crippen LogP contribution in [0.15, 0.2) is 48.5 Å². The highest BCUT2D eigenvalue weighted by atomic mass is 16.3. The van der Waals surface area contributed by atoms with E-state index in [1.165, 1.54) is 5.56 Å². The van der Waals surface area contributed by atoms with E-state index in [1.807, 2.05) is 24.3 Å². The molecule has 0 atom stereocenters. The molecule has 0 spiro atoms. The fourth-order valence-electron chi connectivity index (χ4n) is 2.15. The van der Waals surface area contributed by atoms with Crippen molar-refractivity contribution in [1.82, 2.24) is 0 Å². The average molecular weight is 242 g/mol. The van der Waals surface area contributed by atoms with Crippen LogP contribution in [0, 0.1) is 0 Å². The van der Waals surface area contributed by atoms with Crippen molar-refractivity contribution in [2.24, 2.45) is 0 Å². The van der Waals surface area contributed by atoms with Gasteiger partial charge in [0.25, 0.3) is 0 Å². The van der Waals surface area contributed by atoms with Gasteiger partial charge in [-0.1, -0.05) is 50.2 Å². The van der Waals surface area contributed by atoms with Crippen molar-refractivity contribution in [2.75, 3.05) is 0 Å². The van der Waals surface area contributed by atoms with Crippen LogP contribution in [-0.4, -0.2) is 10.2 Å². The second-order valence-electron chi connectivity index (χ2n) is 5.04. The molecule has 0 aromatic heterocycles. The maximum Gasteiger partial charge on any atom is 0.116 e. The summed E-state index contributed by atoms with van der Waals surface area (Å²) in [7, 11) is 0. The standard InChI is InChI=1S/C16H18O2/c1-16(2,13-6-4-3-5-7-13)14-8-12(11-17)9-15(18)10-14/h3-10,17-18H,11H2,1-2H3. The van der Waals surface area contributed by atoms with E-state index in [0.717, 1.165) is 11.1 Å². The molecule has 18 heavy (non-hydrogen) atoms. The van der Waals surface area contributed by atoms with Crippen molar-refractivity contribution in [1.29, 1.82) is 0 Å². The molecular formula is C16H18O2. The second-order valence-corrected chi connectivity index (χ2v) is 5.04. The van der Waals surface area contributed by atoms with E-state index in [2.05, 4.69) is 26.0 Å². The van der Waals surface area contributed by atoms with Gasteiger partial charge in [-0.2, -0.15) is 0 Å². The molecule has 2 nitrogen and oxygen atoms in total. The largest absolute Gasteiger partial charge is 0.508 e. The van der Waals surface area contributed by atoms with Crippen LogP contribution >= 0.6 is 0 Å². The highest BCUT2D eigenvalue weighted by Crippen LogP contribution is 2.33. The van der Waals surface area contributed by atoms with Crippen molar-refractivity contribution >= 4 is 0 Å². The van der Waals surface area contributed by atoms with E-state index in [4.69, 9.17) is 0 Å². The van der Waals surface area contributed by atoms with Gasteiger partial charge in [0, 0.05) is 5.41 Å². The van der Waals surface area contributed by atoms with Crippen LogP contribution in [0.4, 0.5) is 0 Å². The molecule has 2 aromatic rings. The SMILES string of the molecule is CC(C)(c1ccccc1)c1cc(O)cc(CO)c1. The summed E-state index contributed by atoms with van der Waals surface area (Å²) in [6, 6.07) is 15.4. The molecule has 0 bridgehead atoms. The van der Waals surface area contributed by atoms with E-state index in [0.29, 0.717) is 0 Å². The van der Waals surface area contributed by atoms with Crippen molar-refractivity contribution < 1.29 is 10.2 Å². The van der Waals surface area contributed by atoms with Crippen molar-refractivity contribution in [3.63, 3.8) is 0 Å². The summed E-state index contributed by atoms with van der Waals surface area (Å²) in [4.78, 5) is 0. The lowest BCUT2D eigenvalue weighted by Crippen LogP contribution is -2.19. The molecule has 0 saturated heterocycles. The Morgan fingerprint density at radius 3 is 2.22 bits per heavy atom. The van der Waals surface area contributed by atoms with Crippen LogP contribution in [0.5, 0.6) is 5.75 Å². The van der Waals surface area contributed by atoms with Crippen molar-refractivity contribution in [3.05, 3.63) is 65.2 Å². The van der Waals surface area contributed by atoms with E-state index < -0.39 is 0 Å². The first-order valence-electron chi connectivity index (χ1n) is 6.04. The predicted molar refractivity (Wildman–Crippen MR) is 72.6 cm³/mol. The predicted octanol–water partition coefficient (Wildman–Crippen LogP) is 3.21. The normalized spacial score (nSPS) is 11.5. The third-order valence-electron chi connectivity index (χ3n) is 3.38. The Balaban J connectivity index is 2.50. The van der Waals surface area contributed by atoms with Gasteiger partial charge in [0.05, 0.1) is 6.61 Å². The van der Waals surface area contributed by atoms with E-state index in [9.17, 15) is 10.2 Å². The first-order valence-corrected chi connectivity index (χ1v) is 6.04. The Kier molecular flexibility index (Phi) is 3.39. The monoisotopic (exact) mass is 242 g/mol. The van der Waals surface area contributed by atoms with Gasteiger partial charge in [-0.05, 0) is 28.8 Å². The maximum absolute atomic E-state index is 9.72. The molecule has 0 unspecified atom stereocenters. The molecule has 0 aliphatic heterocycles. The summed E-state index contributed by atoms with van der Waals surface area (Å²) in [5.41, 5.74) is 2.70. The smallest absolute Gasteiger partial charge is 0.116 e. The van der Waals surface area contributed by atoms with E-state index in [-0.39, 0.29) is 17.8 Å². The Hall–Kier alpha value is -1.80. The zero-order valence-corrected chi connectivity index (χ0v) is 10.7. The summed E-state index contributed by atoms with van der Waals surface area (Å²) in [6.07, 6.45) is 0. The van der Waals surface area contributed by atoms with Gasteiger partial charge < -0.3 is 10.2 Å². The molecule has 2 heteroatoms. The zero-order valence-electron chi connectivity index (χ0n) is 10.7. The van der Waals surface area contributed by atoms with Gasteiger partial charge in [-0.25, -0.2) is 0 Å². The second kappa shape index (κ2) is 4.83. The van der Waals surface area contributed by atoms with Crippen LogP contribution in [0.2, 0.25) is 0 Å². The van der Waals surface area contributed by atoms with Gasteiger partial charge in [0.2, 0.25) is 0 Å². The number of aromatic hydroxyl groups is 1. The van der Waals surface area contributed by atoms with Crippen LogP contribution in [-0.2, 0) is 12.0 Å². The summed E-state index contributed by atoms with van der Waals surface area (Å²) >= 11 is 0. The molecule has 0 radical (unpaired) electrons. The number of benzene rings is 2. The third kappa shape index (κ3) is 2.39. The Morgan fingerprint density at radius 1 is 0.944 bits per heavy atom. The maximum atomic E-state index is 9.72. The summed E-state index contributed by atoms with van der Waals surface area (Å²) in [5, 5.41) is 18.9. The van der Waals surface area contributed by atoms with Crippen LogP contribution in [0.1, 0.15) is 30.5 Å². The number of hydrogen-bond acceptors (Lipinski definition) is 2.